The number of hydrazine groups is 1. The first-order chi connectivity index (χ1) is 22.8. The van der Waals surface area contributed by atoms with Crippen LogP contribution in [0.25, 0.3) is 10.8 Å². The van der Waals surface area contributed by atoms with Crippen LogP contribution in [-0.4, -0.2) is 65.5 Å². The van der Waals surface area contributed by atoms with Gasteiger partial charge in [0.25, 0.3) is 10.1 Å². The highest BCUT2D eigenvalue weighted by atomic mass is 32.2. The van der Waals surface area contributed by atoms with Gasteiger partial charge in [0, 0.05) is 11.1 Å². The molecule has 0 radical (unpaired) electrons. The van der Waals surface area contributed by atoms with Crippen LogP contribution in [0, 0.1) is 0 Å². The molecule has 1 aromatic heterocycles. The number of carboxylic acid groups (broad SMARTS) is 2. The fourth-order valence-electron chi connectivity index (χ4n) is 4.59. The summed E-state index contributed by atoms with van der Waals surface area (Å²) in [5.41, 5.74) is 5.02. The standard InChI is InChI=1S/C27H23N7O12S2/c35-22-20-12(10-19(47-46-45-41)21(22)34-33-17-8-4-2-6-15(17)24(38)39)9-13(48(42,43)44)11-18(20)29-26-30-25(31-27(40)32-26)28-16-7-3-1-5-14(16)23(36)37/h1-2,4-6,8-11,33-35,41H,3,7H2,(H,36,37)(H,38,39)(H,42,43,44)(H3,28,29,30,31,32,40). The van der Waals surface area contributed by atoms with Crippen LogP contribution in [0.4, 0.5) is 29.0 Å². The Morgan fingerprint density at radius 1 is 0.917 bits per heavy atom. The van der Waals surface area contributed by atoms with Gasteiger partial charge in [-0.25, -0.2) is 14.8 Å². The molecule has 21 heteroatoms. The van der Waals surface area contributed by atoms with Gasteiger partial charge in [0.1, 0.15) is 5.69 Å². The van der Waals surface area contributed by atoms with Crippen molar-refractivity contribution in [2.24, 2.45) is 0 Å². The molecule has 10 N–H and O–H groups in total. The molecule has 1 aliphatic rings. The Labute approximate surface area is 273 Å². The fraction of sp³-hybridized carbons (Fsp3) is 0.0741. The van der Waals surface area contributed by atoms with Crippen LogP contribution in [0.3, 0.4) is 0 Å². The second kappa shape index (κ2) is 14.0. The lowest BCUT2D eigenvalue weighted by Gasteiger charge is -2.19. The molecule has 0 spiro atoms. The molecular weight excluding hydrogens is 678 g/mol. The first-order valence-electron chi connectivity index (χ1n) is 13.3. The Kier molecular flexibility index (Phi) is 9.79. The van der Waals surface area contributed by atoms with Crippen molar-refractivity contribution in [3.63, 3.8) is 0 Å². The number of fused-ring (bicyclic) bond motifs is 1. The lowest BCUT2D eigenvalue weighted by atomic mass is 10.0. The molecule has 0 unspecified atom stereocenters. The van der Waals surface area contributed by atoms with Gasteiger partial charge in [0.15, 0.2) is 5.75 Å². The van der Waals surface area contributed by atoms with Crippen molar-refractivity contribution < 1.29 is 57.6 Å². The molecule has 0 atom stereocenters. The van der Waals surface area contributed by atoms with E-state index in [0.29, 0.717) is 18.5 Å². The Morgan fingerprint density at radius 3 is 2.33 bits per heavy atom. The van der Waals surface area contributed by atoms with Crippen LogP contribution in [0.15, 0.2) is 75.7 Å². The molecule has 3 aromatic carbocycles. The first kappa shape index (κ1) is 33.6. The van der Waals surface area contributed by atoms with Gasteiger partial charge in [-0.3, -0.25) is 15.4 Å². The van der Waals surface area contributed by atoms with E-state index in [1.165, 1.54) is 30.3 Å². The summed E-state index contributed by atoms with van der Waals surface area (Å²) in [5.74, 6) is -3.77. The quantitative estimate of drug-likeness (QED) is 0.0308. The third-order valence-corrected chi connectivity index (χ3v) is 8.08. The van der Waals surface area contributed by atoms with Crippen molar-refractivity contribution >= 4 is 73.8 Å². The summed E-state index contributed by atoms with van der Waals surface area (Å²) in [7, 11) is -4.86. The van der Waals surface area contributed by atoms with Crippen molar-refractivity contribution in [2.75, 3.05) is 21.5 Å². The average Bonchev–Trinajstić information content (AvgIpc) is 3.02. The number of hydrogen-bond acceptors (Lipinski definition) is 17. The summed E-state index contributed by atoms with van der Waals surface area (Å²) in [6.07, 6.45) is 3.87. The van der Waals surface area contributed by atoms with Crippen molar-refractivity contribution in [3.8, 4) is 11.8 Å². The minimum atomic E-state index is -4.86. The predicted molar refractivity (Wildman–Crippen MR) is 168 cm³/mol. The molecule has 19 nitrogen and oxygen atoms in total. The van der Waals surface area contributed by atoms with Gasteiger partial charge < -0.3 is 31.1 Å². The molecule has 0 aliphatic heterocycles. The van der Waals surface area contributed by atoms with Gasteiger partial charge in [0.05, 0.1) is 44.3 Å². The van der Waals surface area contributed by atoms with E-state index in [9.17, 15) is 43.0 Å². The molecule has 0 bridgehead atoms. The molecule has 1 heterocycles. The molecule has 250 valence electrons. The van der Waals surface area contributed by atoms with Gasteiger partial charge in [0.2, 0.25) is 11.9 Å². The molecule has 0 fully saturated rings. The Morgan fingerprint density at radius 2 is 1.65 bits per heavy atom. The number of aliphatic carboxylic acids is 1. The number of phenolic OH excluding ortho intramolecular Hbond substituents is 1. The van der Waals surface area contributed by atoms with Crippen LogP contribution >= 0.6 is 12.0 Å². The Hall–Kier alpha value is -5.71. The number of hydrogen-bond donors (Lipinski definition) is 10. The smallest absolute Gasteiger partial charge is 0.337 e. The fourth-order valence-corrected chi connectivity index (χ4v) is 5.64. The van der Waals surface area contributed by atoms with E-state index in [0.717, 1.165) is 12.1 Å². The minimum absolute atomic E-state index is 0.0347. The maximum Gasteiger partial charge on any atom is 0.337 e. The zero-order valence-electron chi connectivity index (χ0n) is 23.9. The molecule has 0 saturated heterocycles. The maximum absolute atomic E-state index is 12.2. The summed E-state index contributed by atoms with van der Waals surface area (Å²) in [4.78, 5) is 34.3. The lowest BCUT2D eigenvalue weighted by Crippen LogP contribution is -2.14. The summed E-state index contributed by atoms with van der Waals surface area (Å²) in [5, 5.41) is 58.5. The van der Waals surface area contributed by atoms with Crippen LogP contribution in [0.5, 0.6) is 11.8 Å². The Bertz CT molecular complexity index is 2110. The van der Waals surface area contributed by atoms with E-state index in [1.807, 2.05) is 0 Å². The number of rotatable bonds is 13. The SMILES string of the molecule is O=C(O)C1=C(Nc2nc(O)nc(Nc3cc(S(=O)(=O)O)cc4cc(SOOO)c(NNc5ccccc5C(=O)O)c(O)c34)n2)CCC=C1. The zero-order chi connectivity index (χ0) is 34.6. The van der Waals surface area contributed by atoms with Gasteiger partial charge in [-0.05, 0) is 54.6 Å². The number of carbonyl (C=O) groups is 2. The molecule has 5 rings (SSSR count). The molecule has 0 saturated carbocycles. The third-order valence-electron chi connectivity index (χ3n) is 6.61. The third kappa shape index (κ3) is 7.46. The number of aromatic carboxylic acids is 1. The lowest BCUT2D eigenvalue weighted by molar-refractivity contribution is -0.432. The number of carboxylic acids is 2. The normalized spacial score (nSPS) is 13.0. The van der Waals surface area contributed by atoms with Crippen molar-refractivity contribution in [1.29, 1.82) is 0 Å². The van der Waals surface area contributed by atoms with Gasteiger partial charge >= 0.3 is 17.9 Å². The Balaban J connectivity index is 1.62. The predicted octanol–water partition coefficient (Wildman–Crippen LogP) is 4.09. The summed E-state index contributed by atoms with van der Waals surface area (Å²) in [6, 6.07) is 8.17. The topological polar surface area (TPSA) is 295 Å². The van der Waals surface area contributed by atoms with Gasteiger partial charge in [-0.15, -0.1) is 4.33 Å². The molecule has 4 aromatic rings. The van der Waals surface area contributed by atoms with Crippen LogP contribution in [-0.2, 0) is 24.3 Å². The molecule has 0 amide bonds. The number of aromatic nitrogens is 3. The number of nitrogens with one attached hydrogen (secondary N) is 4. The highest BCUT2D eigenvalue weighted by Gasteiger charge is 2.23. The highest BCUT2D eigenvalue weighted by molar-refractivity contribution is 7.94. The summed E-state index contributed by atoms with van der Waals surface area (Å²) < 4.78 is 38.8. The highest BCUT2D eigenvalue weighted by Crippen LogP contribution is 2.45. The molecule has 1 aliphatic carbocycles. The van der Waals surface area contributed by atoms with Gasteiger partial charge in [-0.1, -0.05) is 23.2 Å². The minimum Gasteiger partial charge on any atom is -0.505 e. The van der Waals surface area contributed by atoms with E-state index < -0.39 is 44.7 Å². The van der Waals surface area contributed by atoms with Gasteiger partial charge in [-0.2, -0.15) is 23.4 Å². The van der Waals surface area contributed by atoms with E-state index in [2.05, 4.69) is 45.8 Å². The van der Waals surface area contributed by atoms with Crippen LogP contribution in [0.1, 0.15) is 23.2 Å². The van der Waals surface area contributed by atoms with E-state index >= 15 is 0 Å². The number of benzene rings is 3. The monoisotopic (exact) mass is 701 g/mol. The van der Waals surface area contributed by atoms with E-state index in [4.69, 9.17) is 5.26 Å². The molecule has 48 heavy (non-hydrogen) atoms. The summed E-state index contributed by atoms with van der Waals surface area (Å²) >= 11 is 0.359. The maximum atomic E-state index is 12.2. The number of aromatic hydroxyl groups is 2. The second-order valence-corrected chi connectivity index (χ2v) is 11.8. The van der Waals surface area contributed by atoms with Crippen LogP contribution < -0.4 is 21.5 Å². The van der Waals surface area contributed by atoms with Crippen molar-refractivity contribution in [3.05, 3.63) is 71.5 Å². The summed E-state index contributed by atoms with van der Waals surface area (Å²) in [6.45, 7) is 0. The van der Waals surface area contributed by atoms with Crippen molar-refractivity contribution in [1.82, 2.24) is 15.0 Å². The van der Waals surface area contributed by atoms with E-state index in [-0.39, 0.29) is 61.9 Å². The number of allylic oxidation sites excluding steroid dienone is 2. The number of nitrogens with zero attached hydrogens (tertiary/aromatic N) is 3. The molecular formula is C27H23N7O12S2. The number of para-hydroxylation sites is 1. The number of phenols is 1. The van der Waals surface area contributed by atoms with E-state index in [1.54, 1.807) is 12.1 Å². The number of anilines is 5. The van der Waals surface area contributed by atoms with Crippen LogP contribution in [0.2, 0.25) is 0 Å². The zero-order valence-corrected chi connectivity index (χ0v) is 25.5. The largest absolute Gasteiger partial charge is 0.505 e. The second-order valence-electron chi connectivity index (χ2n) is 9.64. The van der Waals surface area contributed by atoms with Crippen molar-refractivity contribution in [2.45, 2.75) is 22.6 Å². The first-order valence-corrected chi connectivity index (χ1v) is 15.5. The average molecular weight is 702 g/mol.